The SMILES string of the molecule is CCC1CNCCC1Nc1nc(CC(C)C)c(C#N)c(-c2ccc3c(c2)OCC(=O)N3Cc2ncc(F)cc2F)c1C=N. The average Bonchev–Trinajstić information content (AvgIpc) is 2.99. The van der Waals surface area contributed by atoms with E-state index in [1.54, 1.807) is 18.2 Å². The summed E-state index contributed by atoms with van der Waals surface area (Å²) in [7, 11) is 0. The van der Waals surface area contributed by atoms with Crippen molar-refractivity contribution in [1.82, 2.24) is 15.3 Å². The van der Waals surface area contributed by atoms with E-state index in [0.717, 1.165) is 38.2 Å². The van der Waals surface area contributed by atoms with Crippen LogP contribution in [0.4, 0.5) is 20.3 Å². The number of ether oxygens (including phenoxy) is 1. The first kappa shape index (κ1) is 30.0. The molecular weight excluding hydrogens is 552 g/mol. The van der Waals surface area contributed by atoms with Crippen molar-refractivity contribution >= 4 is 23.6 Å². The molecule has 3 N–H and O–H groups in total. The van der Waals surface area contributed by atoms with Gasteiger partial charge in [-0.05, 0) is 55.5 Å². The molecule has 1 amide bonds. The number of nitrogens with zero attached hydrogens (tertiary/aromatic N) is 4. The number of nitrogens with one attached hydrogen (secondary N) is 3. The van der Waals surface area contributed by atoms with Crippen LogP contribution in [0.15, 0.2) is 30.5 Å². The second-order valence-corrected chi connectivity index (χ2v) is 11.4. The maximum atomic E-state index is 14.4. The van der Waals surface area contributed by atoms with Crippen LogP contribution < -0.4 is 20.3 Å². The normalized spacial score (nSPS) is 18.2. The molecule has 0 radical (unpaired) electrons. The summed E-state index contributed by atoms with van der Waals surface area (Å²) in [6.45, 7) is 7.58. The summed E-state index contributed by atoms with van der Waals surface area (Å²) in [4.78, 5) is 22.9. The fourth-order valence-electron chi connectivity index (χ4n) is 5.81. The monoisotopic (exact) mass is 587 g/mol. The van der Waals surface area contributed by atoms with Crippen molar-refractivity contribution in [3.63, 3.8) is 0 Å². The van der Waals surface area contributed by atoms with E-state index in [1.807, 2.05) is 0 Å². The molecule has 11 heteroatoms. The number of hydrogen-bond acceptors (Lipinski definition) is 8. The largest absolute Gasteiger partial charge is 0.482 e. The molecule has 2 aromatic heterocycles. The van der Waals surface area contributed by atoms with Crippen molar-refractivity contribution in [2.24, 2.45) is 11.8 Å². The lowest BCUT2D eigenvalue weighted by atomic mass is 9.89. The molecule has 3 aromatic rings. The summed E-state index contributed by atoms with van der Waals surface area (Å²) in [5.41, 5.74) is 3.05. The fourth-order valence-corrected chi connectivity index (χ4v) is 5.81. The van der Waals surface area contributed by atoms with Crippen molar-refractivity contribution in [3.8, 4) is 22.9 Å². The lowest BCUT2D eigenvalue weighted by Gasteiger charge is -2.33. The fraction of sp³-hybridized carbons (Fsp3) is 0.406. The van der Waals surface area contributed by atoms with Crippen LogP contribution >= 0.6 is 0 Å². The van der Waals surface area contributed by atoms with E-state index < -0.39 is 17.5 Å². The highest BCUT2D eigenvalue weighted by Crippen LogP contribution is 2.40. The van der Waals surface area contributed by atoms with E-state index >= 15 is 0 Å². The van der Waals surface area contributed by atoms with Crippen LogP contribution in [0.5, 0.6) is 5.75 Å². The number of pyridine rings is 2. The minimum absolute atomic E-state index is 0.0731. The van der Waals surface area contributed by atoms with Gasteiger partial charge in [-0.2, -0.15) is 5.26 Å². The van der Waals surface area contributed by atoms with Crippen LogP contribution in [-0.2, 0) is 17.8 Å². The molecule has 5 rings (SSSR count). The number of hydrogen-bond donors (Lipinski definition) is 3. The summed E-state index contributed by atoms with van der Waals surface area (Å²) in [5, 5.41) is 25.8. The first-order valence-corrected chi connectivity index (χ1v) is 14.6. The van der Waals surface area contributed by atoms with Gasteiger partial charge in [0, 0.05) is 29.4 Å². The lowest BCUT2D eigenvalue weighted by Crippen LogP contribution is -2.44. The van der Waals surface area contributed by atoms with Crippen molar-refractivity contribution < 1.29 is 18.3 Å². The molecule has 0 spiro atoms. The van der Waals surface area contributed by atoms with E-state index in [9.17, 15) is 18.8 Å². The molecule has 2 unspecified atom stereocenters. The molecule has 0 aliphatic carbocycles. The van der Waals surface area contributed by atoms with Crippen molar-refractivity contribution in [2.75, 3.05) is 29.9 Å². The van der Waals surface area contributed by atoms with Gasteiger partial charge in [-0.25, -0.2) is 13.8 Å². The van der Waals surface area contributed by atoms with Crippen molar-refractivity contribution in [2.45, 2.75) is 52.6 Å². The van der Waals surface area contributed by atoms with Crippen molar-refractivity contribution in [1.29, 1.82) is 10.7 Å². The molecule has 224 valence electrons. The Bertz CT molecular complexity index is 1590. The van der Waals surface area contributed by atoms with Gasteiger partial charge < -0.3 is 20.8 Å². The standard InChI is InChI=1S/C32H35F2N7O2/c1-4-19-14-37-8-7-25(19)39-32-23(13-36)31(22(12-35)26(40-32)9-18(2)3)20-5-6-28-29(10-20)43-17-30(42)41(28)16-27-24(34)11-21(33)15-38-27/h5-6,10-11,13,15,18-19,25,36-37H,4,7-9,14,16-17H2,1-3H3,(H,39,40). The number of rotatable bonds is 9. The molecule has 1 aromatic carbocycles. The topological polar surface area (TPSA) is 127 Å². The zero-order chi connectivity index (χ0) is 30.7. The zero-order valence-electron chi connectivity index (χ0n) is 24.5. The summed E-state index contributed by atoms with van der Waals surface area (Å²) in [6.07, 6.45) is 4.61. The number of benzene rings is 1. The summed E-state index contributed by atoms with van der Waals surface area (Å²) < 4.78 is 33.6. The van der Waals surface area contributed by atoms with Crippen LogP contribution in [0.3, 0.4) is 0 Å². The number of nitriles is 1. The molecule has 2 atom stereocenters. The highest BCUT2D eigenvalue weighted by molar-refractivity contribution is 6.00. The number of halogens is 2. The molecule has 2 aliphatic rings. The molecule has 1 saturated heterocycles. The van der Waals surface area contributed by atoms with E-state index in [1.165, 1.54) is 11.1 Å². The molecule has 43 heavy (non-hydrogen) atoms. The highest BCUT2D eigenvalue weighted by atomic mass is 19.1. The maximum absolute atomic E-state index is 14.4. The first-order chi connectivity index (χ1) is 20.7. The van der Waals surface area contributed by atoms with Crippen LogP contribution in [0, 0.1) is 40.2 Å². The predicted octanol–water partition coefficient (Wildman–Crippen LogP) is 5.22. The average molecular weight is 588 g/mol. The molecular formula is C32H35F2N7O2. The first-order valence-electron chi connectivity index (χ1n) is 14.6. The van der Waals surface area contributed by atoms with E-state index in [2.05, 4.69) is 42.5 Å². The Morgan fingerprint density at radius 3 is 2.81 bits per heavy atom. The third kappa shape index (κ3) is 6.20. The Balaban J connectivity index is 1.60. The van der Waals surface area contributed by atoms with E-state index in [4.69, 9.17) is 15.1 Å². The Kier molecular flexibility index (Phi) is 8.97. The molecule has 1 fully saturated rings. The van der Waals surface area contributed by atoms with Gasteiger partial charge in [-0.15, -0.1) is 0 Å². The number of aromatic nitrogens is 2. The number of amides is 1. The zero-order valence-corrected chi connectivity index (χ0v) is 24.5. The predicted molar refractivity (Wildman–Crippen MR) is 160 cm³/mol. The van der Waals surface area contributed by atoms with Gasteiger partial charge in [0.2, 0.25) is 0 Å². The molecule has 2 aliphatic heterocycles. The Hall–Kier alpha value is -4.43. The van der Waals surface area contributed by atoms with Gasteiger partial charge in [0.15, 0.2) is 6.61 Å². The minimum atomic E-state index is -0.847. The van der Waals surface area contributed by atoms with E-state index in [-0.39, 0.29) is 30.8 Å². The second-order valence-electron chi connectivity index (χ2n) is 11.4. The maximum Gasteiger partial charge on any atom is 0.265 e. The number of anilines is 2. The van der Waals surface area contributed by atoms with Crippen LogP contribution in [-0.4, -0.2) is 47.8 Å². The van der Waals surface area contributed by atoms with Gasteiger partial charge in [0.05, 0.1) is 35.4 Å². The van der Waals surface area contributed by atoms with Crippen LogP contribution in [0.25, 0.3) is 11.1 Å². The number of piperidine rings is 1. The van der Waals surface area contributed by atoms with E-state index in [0.29, 0.717) is 57.5 Å². The number of carbonyl (C=O) groups excluding carboxylic acids is 1. The number of fused-ring (bicyclic) bond motifs is 1. The smallest absolute Gasteiger partial charge is 0.265 e. The van der Waals surface area contributed by atoms with Gasteiger partial charge in [-0.1, -0.05) is 33.3 Å². The number of carbonyl (C=O) groups is 1. The Labute approximate surface area is 249 Å². The third-order valence-corrected chi connectivity index (χ3v) is 8.01. The Morgan fingerprint density at radius 1 is 1.30 bits per heavy atom. The van der Waals surface area contributed by atoms with Crippen molar-refractivity contribution in [3.05, 3.63) is 64.6 Å². The summed E-state index contributed by atoms with van der Waals surface area (Å²) >= 11 is 0. The summed E-state index contributed by atoms with van der Waals surface area (Å²) in [5.74, 6) is -0.489. The summed E-state index contributed by atoms with van der Waals surface area (Å²) in [6, 6.07) is 8.40. The molecule has 0 bridgehead atoms. The molecule has 4 heterocycles. The molecule has 0 saturated carbocycles. The lowest BCUT2D eigenvalue weighted by molar-refractivity contribution is -0.121. The van der Waals surface area contributed by atoms with Gasteiger partial charge in [-0.3, -0.25) is 14.7 Å². The van der Waals surface area contributed by atoms with Crippen LogP contribution in [0.2, 0.25) is 0 Å². The van der Waals surface area contributed by atoms with Gasteiger partial charge in [0.1, 0.15) is 29.3 Å². The molecule has 9 nitrogen and oxygen atoms in total. The van der Waals surface area contributed by atoms with Gasteiger partial charge >= 0.3 is 0 Å². The second kappa shape index (κ2) is 12.8. The minimum Gasteiger partial charge on any atom is -0.482 e. The third-order valence-electron chi connectivity index (χ3n) is 8.01. The van der Waals surface area contributed by atoms with Gasteiger partial charge in [0.25, 0.3) is 5.91 Å². The highest BCUT2D eigenvalue weighted by Gasteiger charge is 2.30. The Morgan fingerprint density at radius 2 is 2.12 bits per heavy atom. The van der Waals surface area contributed by atoms with Crippen LogP contribution in [0.1, 0.15) is 56.1 Å². The quantitative estimate of drug-likeness (QED) is 0.293.